The molecule has 17 heavy (non-hydrogen) atoms. The largest absolute Gasteiger partial charge is 0.337 e. The summed E-state index contributed by atoms with van der Waals surface area (Å²) in [4.78, 5) is 13.6. The molecule has 0 spiro atoms. The normalized spacial score (nSPS) is 14.7. The van der Waals surface area contributed by atoms with E-state index in [0.29, 0.717) is 17.5 Å². The minimum Gasteiger partial charge on any atom is -0.337 e. The summed E-state index contributed by atoms with van der Waals surface area (Å²) in [6.07, 6.45) is 2.43. The first-order valence-electron chi connectivity index (χ1n) is 5.78. The third kappa shape index (κ3) is 3.62. The summed E-state index contributed by atoms with van der Waals surface area (Å²) in [5.74, 6) is 0.681. The number of hydrogen-bond donors (Lipinski definition) is 0. The van der Waals surface area contributed by atoms with E-state index in [1.165, 1.54) is 12.8 Å². The van der Waals surface area contributed by atoms with Gasteiger partial charge in [0.1, 0.15) is 5.88 Å². The number of alkyl halides is 1. The lowest BCUT2D eigenvalue weighted by Gasteiger charge is -2.22. The van der Waals surface area contributed by atoms with Crippen LogP contribution in [0.3, 0.4) is 0 Å². The van der Waals surface area contributed by atoms with Gasteiger partial charge in [-0.1, -0.05) is 29.8 Å². The van der Waals surface area contributed by atoms with Gasteiger partial charge in [-0.05, 0) is 30.4 Å². The maximum Gasteiger partial charge on any atom is 0.237 e. The highest BCUT2D eigenvalue weighted by Gasteiger charge is 2.26. The smallest absolute Gasteiger partial charge is 0.237 e. The fourth-order valence-electron chi connectivity index (χ4n) is 1.78. The highest BCUT2D eigenvalue weighted by Crippen LogP contribution is 2.30. The molecule has 0 bridgehead atoms. The van der Waals surface area contributed by atoms with Crippen molar-refractivity contribution in [2.24, 2.45) is 5.92 Å². The van der Waals surface area contributed by atoms with Crippen molar-refractivity contribution in [1.29, 1.82) is 0 Å². The van der Waals surface area contributed by atoms with Gasteiger partial charge < -0.3 is 4.90 Å². The van der Waals surface area contributed by atoms with Crippen LogP contribution in [0.15, 0.2) is 24.3 Å². The lowest BCUT2D eigenvalue weighted by molar-refractivity contribution is -0.129. The van der Waals surface area contributed by atoms with E-state index >= 15 is 0 Å². The summed E-state index contributed by atoms with van der Waals surface area (Å²) in [5.41, 5.74) is 0.980. The molecule has 1 aromatic rings. The van der Waals surface area contributed by atoms with Crippen LogP contribution in [0.5, 0.6) is 0 Å². The third-order valence-corrected chi connectivity index (χ3v) is 3.56. The van der Waals surface area contributed by atoms with Gasteiger partial charge in [0.05, 0.1) is 0 Å². The molecule has 0 heterocycles. The van der Waals surface area contributed by atoms with Gasteiger partial charge in [-0.3, -0.25) is 4.79 Å². The Morgan fingerprint density at radius 1 is 1.35 bits per heavy atom. The maximum absolute atomic E-state index is 11.7. The molecule has 1 aliphatic rings. The standard InChI is InChI=1S/C13H15Cl2NO/c14-7-13(17)16(8-10-5-6-10)9-11-3-1-2-4-12(11)15/h1-4,10H,5-9H2. The molecule has 0 aromatic heterocycles. The summed E-state index contributed by atoms with van der Waals surface area (Å²) < 4.78 is 0. The van der Waals surface area contributed by atoms with Gasteiger partial charge in [0.2, 0.25) is 5.91 Å². The predicted octanol–water partition coefficient (Wildman–Crippen LogP) is 3.32. The molecule has 4 heteroatoms. The zero-order valence-corrected chi connectivity index (χ0v) is 11.0. The third-order valence-electron chi connectivity index (χ3n) is 2.96. The first kappa shape index (κ1) is 12.7. The van der Waals surface area contributed by atoms with Crippen LogP contribution in [0.4, 0.5) is 0 Å². The van der Waals surface area contributed by atoms with Gasteiger partial charge in [0.25, 0.3) is 0 Å². The molecule has 2 rings (SSSR count). The van der Waals surface area contributed by atoms with E-state index in [1.54, 1.807) is 0 Å². The second-order valence-corrected chi connectivity index (χ2v) is 5.12. The quantitative estimate of drug-likeness (QED) is 0.753. The first-order valence-corrected chi connectivity index (χ1v) is 6.69. The summed E-state index contributed by atoms with van der Waals surface area (Å²) in [6.45, 7) is 1.36. The van der Waals surface area contributed by atoms with Crippen molar-refractivity contribution >= 4 is 29.1 Å². The van der Waals surface area contributed by atoms with E-state index in [-0.39, 0.29) is 11.8 Å². The Balaban J connectivity index is 2.05. The second-order valence-electron chi connectivity index (χ2n) is 4.44. The van der Waals surface area contributed by atoms with Gasteiger partial charge in [-0.2, -0.15) is 0 Å². The van der Waals surface area contributed by atoms with E-state index < -0.39 is 0 Å². The van der Waals surface area contributed by atoms with Crippen molar-refractivity contribution < 1.29 is 4.79 Å². The van der Waals surface area contributed by atoms with Crippen LogP contribution in [-0.4, -0.2) is 23.2 Å². The molecule has 0 saturated heterocycles. The average molecular weight is 272 g/mol. The van der Waals surface area contributed by atoms with Crippen LogP contribution in [-0.2, 0) is 11.3 Å². The number of carbonyl (C=O) groups excluding carboxylic acids is 1. The number of halogens is 2. The van der Waals surface area contributed by atoms with Crippen LogP contribution in [0.1, 0.15) is 18.4 Å². The maximum atomic E-state index is 11.7. The first-order chi connectivity index (χ1) is 8.20. The molecule has 92 valence electrons. The van der Waals surface area contributed by atoms with Crippen LogP contribution >= 0.6 is 23.2 Å². The minimum absolute atomic E-state index is 0.0153. The van der Waals surface area contributed by atoms with Crippen molar-refractivity contribution in [3.05, 3.63) is 34.9 Å². The molecule has 2 nitrogen and oxygen atoms in total. The van der Waals surface area contributed by atoms with E-state index in [0.717, 1.165) is 12.1 Å². The Bertz CT molecular complexity index is 404. The molecule has 0 N–H and O–H groups in total. The molecule has 1 fully saturated rings. The van der Waals surface area contributed by atoms with E-state index in [9.17, 15) is 4.79 Å². The predicted molar refractivity (Wildman–Crippen MR) is 70.3 cm³/mol. The lowest BCUT2D eigenvalue weighted by atomic mass is 10.2. The number of benzene rings is 1. The van der Waals surface area contributed by atoms with E-state index in [2.05, 4.69) is 0 Å². The van der Waals surface area contributed by atoms with Gasteiger partial charge in [0.15, 0.2) is 0 Å². The van der Waals surface area contributed by atoms with Crippen molar-refractivity contribution in [3.8, 4) is 0 Å². The molecule has 0 aliphatic heterocycles. The van der Waals surface area contributed by atoms with E-state index in [4.69, 9.17) is 23.2 Å². The van der Waals surface area contributed by atoms with Crippen molar-refractivity contribution in [2.75, 3.05) is 12.4 Å². The van der Waals surface area contributed by atoms with Crippen molar-refractivity contribution in [3.63, 3.8) is 0 Å². The molecule has 1 saturated carbocycles. The second kappa shape index (κ2) is 5.74. The van der Waals surface area contributed by atoms with Gasteiger partial charge in [-0.15, -0.1) is 11.6 Å². The van der Waals surface area contributed by atoms with Gasteiger partial charge >= 0.3 is 0 Å². The number of rotatable bonds is 5. The van der Waals surface area contributed by atoms with Crippen LogP contribution < -0.4 is 0 Å². The Morgan fingerprint density at radius 3 is 2.65 bits per heavy atom. The highest BCUT2D eigenvalue weighted by molar-refractivity contribution is 6.31. The van der Waals surface area contributed by atoms with Crippen molar-refractivity contribution in [1.82, 2.24) is 4.90 Å². The van der Waals surface area contributed by atoms with Crippen molar-refractivity contribution in [2.45, 2.75) is 19.4 Å². The molecular weight excluding hydrogens is 257 g/mol. The zero-order valence-electron chi connectivity index (χ0n) is 9.53. The van der Waals surface area contributed by atoms with Gasteiger partial charge in [0, 0.05) is 18.1 Å². The fraction of sp³-hybridized carbons (Fsp3) is 0.462. The lowest BCUT2D eigenvalue weighted by Crippen LogP contribution is -2.33. The molecule has 1 amide bonds. The summed E-state index contributed by atoms with van der Waals surface area (Å²) >= 11 is 11.7. The summed E-state index contributed by atoms with van der Waals surface area (Å²) in [7, 11) is 0. The monoisotopic (exact) mass is 271 g/mol. The average Bonchev–Trinajstić information content (AvgIpc) is 3.14. The molecule has 0 unspecified atom stereocenters. The van der Waals surface area contributed by atoms with Crippen LogP contribution in [0.25, 0.3) is 0 Å². The number of nitrogens with zero attached hydrogens (tertiary/aromatic N) is 1. The number of carbonyl (C=O) groups is 1. The number of amides is 1. The zero-order chi connectivity index (χ0) is 12.3. The van der Waals surface area contributed by atoms with E-state index in [1.807, 2.05) is 29.2 Å². The Hall–Kier alpha value is -0.730. The van der Waals surface area contributed by atoms with Crippen LogP contribution in [0, 0.1) is 5.92 Å². The van der Waals surface area contributed by atoms with Crippen LogP contribution in [0.2, 0.25) is 5.02 Å². The van der Waals surface area contributed by atoms with Gasteiger partial charge in [-0.25, -0.2) is 0 Å². The molecule has 1 aromatic carbocycles. The molecular formula is C13H15Cl2NO. The highest BCUT2D eigenvalue weighted by atomic mass is 35.5. The molecule has 0 radical (unpaired) electrons. The minimum atomic E-state index is -0.0153. The fourth-order valence-corrected chi connectivity index (χ4v) is 2.15. The molecule has 1 aliphatic carbocycles. The Labute approximate surface area is 112 Å². The number of hydrogen-bond acceptors (Lipinski definition) is 1. The summed E-state index contributed by atoms with van der Waals surface area (Å²) in [6, 6.07) is 7.61. The Morgan fingerprint density at radius 2 is 2.06 bits per heavy atom. The molecule has 0 atom stereocenters. The summed E-state index contributed by atoms with van der Waals surface area (Å²) in [5, 5.41) is 0.704. The Kier molecular flexibility index (Phi) is 4.30. The SMILES string of the molecule is O=C(CCl)N(Cc1ccccc1Cl)CC1CC1. The topological polar surface area (TPSA) is 20.3 Å².